The fourth-order valence-electron chi connectivity index (χ4n) is 2.73. The Morgan fingerprint density at radius 3 is 2.91 bits per heavy atom. The number of rotatable bonds is 4. The van der Waals surface area contributed by atoms with Crippen LogP contribution in [0.4, 0.5) is 0 Å². The predicted octanol–water partition coefficient (Wildman–Crippen LogP) is 3.56. The van der Waals surface area contributed by atoms with Crippen molar-refractivity contribution in [1.29, 1.82) is 0 Å². The van der Waals surface area contributed by atoms with Crippen LogP contribution in [0.25, 0.3) is 0 Å². The highest BCUT2D eigenvalue weighted by Crippen LogP contribution is 2.37. The van der Waals surface area contributed by atoms with Crippen LogP contribution >= 0.6 is 11.6 Å². The zero-order chi connectivity index (χ0) is 15.7. The van der Waals surface area contributed by atoms with E-state index in [2.05, 4.69) is 5.32 Å². The number of hydrogen-bond acceptors (Lipinski definition) is 4. The van der Waals surface area contributed by atoms with Crippen LogP contribution in [0, 0.1) is 6.92 Å². The molecule has 1 aliphatic rings. The number of para-hydroxylation sites is 1. The molecule has 2 heterocycles. The highest BCUT2D eigenvalue weighted by Gasteiger charge is 2.30. The zero-order valence-electron chi connectivity index (χ0n) is 12.7. The van der Waals surface area contributed by atoms with E-state index < -0.39 is 5.60 Å². The number of aryl methyl sites for hydroxylation is 1. The molecule has 1 aromatic carbocycles. The number of ether oxygens (including phenoxy) is 1. The van der Waals surface area contributed by atoms with Gasteiger partial charge in [0.05, 0.1) is 11.6 Å². The Bertz CT molecular complexity index is 666. The molecule has 0 bridgehead atoms. The molecular weight excluding hydrogens is 302 g/mol. The van der Waals surface area contributed by atoms with Gasteiger partial charge in [-0.05, 0) is 32.0 Å². The standard InChI is InChI=1S/C17H20ClNO3/c1-11-6-7-15(22-11)17(2,20)10-19-14-8-9-21-16-12(14)4-3-5-13(16)18/h3-7,14,19-20H,8-10H2,1-2H3. The molecule has 0 aliphatic carbocycles. The van der Waals surface area contributed by atoms with Crippen LogP contribution in [0.15, 0.2) is 34.7 Å². The summed E-state index contributed by atoms with van der Waals surface area (Å²) >= 11 is 6.18. The van der Waals surface area contributed by atoms with E-state index in [0.29, 0.717) is 23.9 Å². The monoisotopic (exact) mass is 321 g/mol. The van der Waals surface area contributed by atoms with Gasteiger partial charge in [-0.2, -0.15) is 0 Å². The van der Waals surface area contributed by atoms with E-state index >= 15 is 0 Å². The smallest absolute Gasteiger partial charge is 0.142 e. The fraction of sp³-hybridized carbons (Fsp3) is 0.412. The summed E-state index contributed by atoms with van der Waals surface area (Å²) in [5, 5.41) is 14.6. The summed E-state index contributed by atoms with van der Waals surface area (Å²) in [5.41, 5.74) is -0.0316. The Morgan fingerprint density at radius 2 is 2.18 bits per heavy atom. The van der Waals surface area contributed by atoms with Crippen molar-refractivity contribution in [3.8, 4) is 5.75 Å². The summed E-state index contributed by atoms with van der Waals surface area (Å²) in [5.74, 6) is 2.09. The summed E-state index contributed by atoms with van der Waals surface area (Å²) in [7, 11) is 0. The maximum Gasteiger partial charge on any atom is 0.142 e. The van der Waals surface area contributed by atoms with Gasteiger partial charge in [-0.15, -0.1) is 0 Å². The molecule has 4 nitrogen and oxygen atoms in total. The first-order chi connectivity index (χ1) is 10.5. The SMILES string of the molecule is Cc1ccc(C(C)(O)CNC2CCOc3c(Cl)cccc32)o1. The van der Waals surface area contributed by atoms with Crippen LogP contribution in [0.1, 0.15) is 36.5 Å². The van der Waals surface area contributed by atoms with E-state index in [-0.39, 0.29) is 6.04 Å². The van der Waals surface area contributed by atoms with Gasteiger partial charge in [0.25, 0.3) is 0 Å². The first kappa shape index (κ1) is 15.4. The number of fused-ring (bicyclic) bond motifs is 1. The van der Waals surface area contributed by atoms with Gasteiger partial charge in [0.15, 0.2) is 0 Å². The Balaban J connectivity index is 1.74. The molecule has 0 spiro atoms. The molecular formula is C17H20ClNO3. The number of halogens is 1. The lowest BCUT2D eigenvalue weighted by Crippen LogP contribution is -2.38. The third-order valence-corrected chi connectivity index (χ3v) is 4.29. The molecule has 0 amide bonds. The van der Waals surface area contributed by atoms with Gasteiger partial charge in [0.1, 0.15) is 22.9 Å². The summed E-state index contributed by atoms with van der Waals surface area (Å²) < 4.78 is 11.2. The van der Waals surface area contributed by atoms with Crippen molar-refractivity contribution in [2.24, 2.45) is 0 Å². The molecule has 2 unspecified atom stereocenters. The van der Waals surface area contributed by atoms with Crippen molar-refractivity contribution in [2.75, 3.05) is 13.2 Å². The van der Waals surface area contributed by atoms with Gasteiger partial charge in [0, 0.05) is 24.6 Å². The summed E-state index contributed by atoms with van der Waals surface area (Å²) in [4.78, 5) is 0. The molecule has 3 rings (SSSR count). The lowest BCUT2D eigenvalue weighted by Gasteiger charge is -2.30. The van der Waals surface area contributed by atoms with E-state index in [4.69, 9.17) is 20.8 Å². The molecule has 2 aromatic rings. The molecule has 2 atom stereocenters. The van der Waals surface area contributed by atoms with E-state index in [0.717, 1.165) is 23.5 Å². The Kier molecular flexibility index (Phi) is 4.17. The van der Waals surface area contributed by atoms with Crippen LogP contribution in [-0.2, 0) is 5.60 Å². The number of nitrogens with one attached hydrogen (secondary N) is 1. The normalized spacial score (nSPS) is 20.1. The highest BCUT2D eigenvalue weighted by atomic mass is 35.5. The van der Waals surface area contributed by atoms with Crippen molar-refractivity contribution in [3.63, 3.8) is 0 Å². The van der Waals surface area contributed by atoms with E-state index in [1.807, 2.05) is 37.3 Å². The lowest BCUT2D eigenvalue weighted by molar-refractivity contribution is 0.0293. The number of hydrogen-bond donors (Lipinski definition) is 2. The van der Waals surface area contributed by atoms with Gasteiger partial charge < -0.3 is 19.6 Å². The molecule has 1 aromatic heterocycles. The Hall–Kier alpha value is -1.49. The number of aliphatic hydroxyl groups is 1. The largest absolute Gasteiger partial charge is 0.492 e. The molecule has 118 valence electrons. The molecule has 1 aliphatic heterocycles. The third kappa shape index (κ3) is 3.00. The van der Waals surface area contributed by atoms with Crippen molar-refractivity contribution in [1.82, 2.24) is 5.32 Å². The van der Waals surface area contributed by atoms with Crippen LogP contribution in [0.2, 0.25) is 5.02 Å². The van der Waals surface area contributed by atoms with Crippen LogP contribution in [-0.4, -0.2) is 18.3 Å². The number of furan rings is 1. The molecule has 0 radical (unpaired) electrons. The van der Waals surface area contributed by atoms with Crippen LogP contribution < -0.4 is 10.1 Å². The quantitative estimate of drug-likeness (QED) is 0.904. The van der Waals surface area contributed by atoms with Crippen LogP contribution in [0.3, 0.4) is 0 Å². The molecule has 2 N–H and O–H groups in total. The fourth-order valence-corrected chi connectivity index (χ4v) is 2.97. The average molecular weight is 322 g/mol. The van der Waals surface area contributed by atoms with Crippen LogP contribution in [0.5, 0.6) is 5.75 Å². The summed E-state index contributed by atoms with van der Waals surface area (Å²) in [6.07, 6.45) is 0.834. The molecule has 0 fully saturated rings. The van der Waals surface area contributed by atoms with Crippen molar-refractivity contribution in [3.05, 3.63) is 52.4 Å². The molecule has 0 saturated carbocycles. The third-order valence-electron chi connectivity index (χ3n) is 3.99. The highest BCUT2D eigenvalue weighted by molar-refractivity contribution is 6.32. The minimum absolute atomic E-state index is 0.102. The maximum absolute atomic E-state index is 10.6. The maximum atomic E-state index is 10.6. The Morgan fingerprint density at radius 1 is 1.36 bits per heavy atom. The van der Waals surface area contributed by atoms with Gasteiger partial charge in [-0.25, -0.2) is 0 Å². The average Bonchev–Trinajstić information content (AvgIpc) is 2.93. The van der Waals surface area contributed by atoms with E-state index in [1.165, 1.54) is 0 Å². The first-order valence-electron chi connectivity index (χ1n) is 7.41. The topological polar surface area (TPSA) is 54.6 Å². The summed E-state index contributed by atoms with van der Waals surface area (Å²) in [6, 6.07) is 9.51. The van der Waals surface area contributed by atoms with Gasteiger partial charge in [0.2, 0.25) is 0 Å². The van der Waals surface area contributed by atoms with Crippen molar-refractivity contribution < 1.29 is 14.3 Å². The Labute approximate surface area is 135 Å². The second kappa shape index (κ2) is 5.95. The van der Waals surface area contributed by atoms with E-state index in [1.54, 1.807) is 6.92 Å². The minimum Gasteiger partial charge on any atom is -0.492 e. The zero-order valence-corrected chi connectivity index (χ0v) is 13.5. The second-order valence-corrected chi connectivity index (χ2v) is 6.32. The molecule has 5 heteroatoms. The van der Waals surface area contributed by atoms with Gasteiger partial charge >= 0.3 is 0 Å². The van der Waals surface area contributed by atoms with Crippen molar-refractivity contribution >= 4 is 11.6 Å². The minimum atomic E-state index is -1.06. The van der Waals surface area contributed by atoms with Crippen molar-refractivity contribution in [2.45, 2.75) is 31.9 Å². The molecule has 22 heavy (non-hydrogen) atoms. The molecule has 0 saturated heterocycles. The summed E-state index contributed by atoms with van der Waals surface area (Å²) in [6.45, 7) is 4.60. The van der Waals surface area contributed by atoms with Gasteiger partial charge in [-0.3, -0.25) is 0 Å². The van der Waals surface area contributed by atoms with E-state index in [9.17, 15) is 5.11 Å². The second-order valence-electron chi connectivity index (χ2n) is 5.91. The van der Waals surface area contributed by atoms with Gasteiger partial charge in [-0.1, -0.05) is 23.7 Å². The lowest BCUT2D eigenvalue weighted by atomic mass is 9.98. The predicted molar refractivity (Wildman–Crippen MR) is 85.3 cm³/mol. The first-order valence-corrected chi connectivity index (χ1v) is 7.79. The number of benzene rings is 1.